The van der Waals surface area contributed by atoms with Crippen molar-refractivity contribution >= 4 is 0 Å². The van der Waals surface area contributed by atoms with Gasteiger partial charge >= 0.3 is 0 Å². The fourth-order valence-electron chi connectivity index (χ4n) is 2.18. The summed E-state index contributed by atoms with van der Waals surface area (Å²) in [5, 5.41) is 3.41. The molecule has 2 atom stereocenters. The molecule has 0 amide bonds. The normalized spacial score (nSPS) is 33.4. The Labute approximate surface area is 86.2 Å². The van der Waals surface area contributed by atoms with Crippen molar-refractivity contribution in [3.63, 3.8) is 0 Å². The number of hydrogen-bond acceptors (Lipinski definition) is 3. The summed E-state index contributed by atoms with van der Waals surface area (Å²) in [5.74, 6) is 1.40. The number of piperidine rings is 1. The molecule has 2 heterocycles. The van der Waals surface area contributed by atoms with Gasteiger partial charge in [-0.3, -0.25) is 0 Å². The maximum atomic E-state index is 5.74. The fraction of sp³-hybridized carbons (Fsp3) is 1.00. The van der Waals surface area contributed by atoms with Crippen molar-refractivity contribution in [2.45, 2.75) is 19.3 Å². The van der Waals surface area contributed by atoms with Crippen molar-refractivity contribution in [2.75, 3.05) is 39.5 Å². The molecule has 2 rings (SSSR count). The monoisotopic (exact) mass is 199 g/mol. The van der Waals surface area contributed by atoms with Crippen LogP contribution in [0.15, 0.2) is 0 Å². The highest BCUT2D eigenvalue weighted by molar-refractivity contribution is 4.69. The highest BCUT2D eigenvalue weighted by Crippen LogP contribution is 2.14. The van der Waals surface area contributed by atoms with E-state index in [1.807, 2.05) is 0 Å². The Morgan fingerprint density at radius 1 is 1.21 bits per heavy atom. The maximum absolute atomic E-state index is 5.74. The van der Waals surface area contributed by atoms with Gasteiger partial charge < -0.3 is 14.8 Å². The van der Waals surface area contributed by atoms with Gasteiger partial charge in [-0.1, -0.05) is 0 Å². The summed E-state index contributed by atoms with van der Waals surface area (Å²) in [4.78, 5) is 0. The highest BCUT2D eigenvalue weighted by Gasteiger charge is 2.17. The van der Waals surface area contributed by atoms with Crippen molar-refractivity contribution in [3.8, 4) is 0 Å². The van der Waals surface area contributed by atoms with Gasteiger partial charge in [0.15, 0.2) is 0 Å². The summed E-state index contributed by atoms with van der Waals surface area (Å²) >= 11 is 0. The molecule has 0 aromatic carbocycles. The second-order valence-corrected chi connectivity index (χ2v) is 4.48. The molecular formula is C11H21NO2. The minimum absolute atomic E-state index is 0.659. The number of nitrogens with one attached hydrogen (secondary N) is 1. The van der Waals surface area contributed by atoms with Gasteiger partial charge in [0.05, 0.1) is 19.8 Å². The van der Waals surface area contributed by atoms with Crippen LogP contribution in [-0.2, 0) is 9.47 Å². The Kier molecular flexibility index (Phi) is 4.22. The lowest BCUT2D eigenvalue weighted by molar-refractivity contribution is 0.0593. The molecule has 0 aliphatic carbocycles. The van der Waals surface area contributed by atoms with Crippen molar-refractivity contribution in [3.05, 3.63) is 0 Å². The second kappa shape index (κ2) is 5.69. The summed E-state index contributed by atoms with van der Waals surface area (Å²) in [6, 6.07) is 0. The zero-order valence-electron chi connectivity index (χ0n) is 8.84. The molecule has 2 saturated heterocycles. The van der Waals surface area contributed by atoms with Crippen LogP contribution in [0.1, 0.15) is 19.3 Å². The van der Waals surface area contributed by atoms with E-state index in [0.717, 1.165) is 38.9 Å². The van der Waals surface area contributed by atoms with E-state index in [0.29, 0.717) is 5.92 Å². The van der Waals surface area contributed by atoms with Crippen LogP contribution in [0.25, 0.3) is 0 Å². The van der Waals surface area contributed by atoms with Crippen LogP contribution in [0.4, 0.5) is 0 Å². The lowest BCUT2D eigenvalue weighted by Gasteiger charge is -2.23. The Morgan fingerprint density at radius 3 is 2.86 bits per heavy atom. The lowest BCUT2D eigenvalue weighted by atomic mass is 10.0. The molecule has 14 heavy (non-hydrogen) atoms. The Morgan fingerprint density at radius 2 is 2.14 bits per heavy atom. The predicted molar refractivity (Wildman–Crippen MR) is 55.3 cm³/mol. The molecule has 3 heteroatoms. The first-order valence-corrected chi connectivity index (χ1v) is 5.81. The first kappa shape index (κ1) is 10.4. The van der Waals surface area contributed by atoms with E-state index in [2.05, 4.69) is 5.32 Å². The summed E-state index contributed by atoms with van der Waals surface area (Å²) in [5.41, 5.74) is 0. The van der Waals surface area contributed by atoms with E-state index >= 15 is 0 Å². The molecule has 0 saturated carbocycles. The minimum atomic E-state index is 0.659. The molecule has 0 radical (unpaired) electrons. The zero-order valence-corrected chi connectivity index (χ0v) is 8.84. The van der Waals surface area contributed by atoms with Crippen molar-refractivity contribution in [1.29, 1.82) is 0 Å². The van der Waals surface area contributed by atoms with Gasteiger partial charge in [0, 0.05) is 19.1 Å². The van der Waals surface area contributed by atoms with E-state index in [1.54, 1.807) is 0 Å². The third-order valence-electron chi connectivity index (χ3n) is 3.13. The van der Waals surface area contributed by atoms with Gasteiger partial charge in [-0.15, -0.1) is 0 Å². The van der Waals surface area contributed by atoms with Crippen LogP contribution in [0.2, 0.25) is 0 Å². The summed E-state index contributed by atoms with van der Waals surface area (Å²) < 4.78 is 11.0. The predicted octanol–water partition coefficient (Wildman–Crippen LogP) is 1.04. The topological polar surface area (TPSA) is 30.5 Å². The molecule has 0 aromatic heterocycles. The van der Waals surface area contributed by atoms with Gasteiger partial charge in [0.25, 0.3) is 0 Å². The van der Waals surface area contributed by atoms with Gasteiger partial charge in [-0.05, 0) is 31.7 Å². The fourth-order valence-corrected chi connectivity index (χ4v) is 2.18. The van der Waals surface area contributed by atoms with Crippen molar-refractivity contribution < 1.29 is 9.47 Å². The van der Waals surface area contributed by atoms with Gasteiger partial charge in [-0.25, -0.2) is 0 Å². The van der Waals surface area contributed by atoms with Gasteiger partial charge in [0.2, 0.25) is 0 Å². The van der Waals surface area contributed by atoms with Crippen LogP contribution >= 0.6 is 0 Å². The summed E-state index contributed by atoms with van der Waals surface area (Å²) in [7, 11) is 0. The first-order chi connectivity index (χ1) is 6.95. The smallest absolute Gasteiger partial charge is 0.0517 e. The van der Waals surface area contributed by atoms with E-state index in [-0.39, 0.29) is 0 Å². The molecule has 0 spiro atoms. The van der Waals surface area contributed by atoms with Crippen LogP contribution in [0.3, 0.4) is 0 Å². The molecule has 0 bridgehead atoms. The van der Waals surface area contributed by atoms with Crippen molar-refractivity contribution in [2.24, 2.45) is 11.8 Å². The Hall–Kier alpha value is -0.120. The van der Waals surface area contributed by atoms with Crippen LogP contribution < -0.4 is 5.32 Å². The molecule has 2 fully saturated rings. The molecule has 3 nitrogen and oxygen atoms in total. The average Bonchev–Trinajstić information content (AvgIpc) is 2.72. The minimum Gasteiger partial charge on any atom is -0.381 e. The van der Waals surface area contributed by atoms with E-state index < -0.39 is 0 Å². The van der Waals surface area contributed by atoms with Gasteiger partial charge in [-0.2, -0.15) is 0 Å². The number of hydrogen-bond donors (Lipinski definition) is 1. The maximum Gasteiger partial charge on any atom is 0.0517 e. The van der Waals surface area contributed by atoms with E-state index in [9.17, 15) is 0 Å². The second-order valence-electron chi connectivity index (χ2n) is 4.48. The molecule has 2 unspecified atom stereocenters. The zero-order chi connectivity index (χ0) is 9.64. The average molecular weight is 199 g/mol. The van der Waals surface area contributed by atoms with E-state index in [4.69, 9.17) is 9.47 Å². The first-order valence-electron chi connectivity index (χ1n) is 5.81. The third kappa shape index (κ3) is 3.23. The molecule has 2 aliphatic rings. The lowest BCUT2D eigenvalue weighted by Crippen LogP contribution is -2.32. The van der Waals surface area contributed by atoms with E-state index in [1.165, 1.54) is 25.8 Å². The molecule has 2 aliphatic heterocycles. The summed E-state index contributed by atoms with van der Waals surface area (Å²) in [6.45, 7) is 6.00. The van der Waals surface area contributed by atoms with Crippen LogP contribution in [0.5, 0.6) is 0 Å². The summed E-state index contributed by atoms with van der Waals surface area (Å²) in [6.07, 6.45) is 3.82. The highest BCUT2D eigenvalue weighted by atomic mass is 16.5. The molecule has 0 aromatic rings. The Bertz CT molecular complexity index is 151. The number of rotatable bonds is 4. The largest absolute Gasteiger partial charge is 0.381 e. The quantitative estimate of drug-likeness (QED) is 0.734. The third-order valence-corrected chi connectivity index (χ3v) is 3.13. The Balaban J connectivity index is 1.52. The number of ether oxygens (including phenoxy) is 2. The van der Waals surface area contributed by atoms with Crippen LogP contribution in [-0.4, -0.2) is 39.5 Å². The SMILES string of the molecule is C1CNCC(COCC2CCOC2)C1. The standard InChI is InChI=1S/C11H21NO2/c1-2-10(6-12-4-1)7-14-9-11-3-5-13-8-11/h10-12H,1-9H2. The van der Waals surface area contributed by atoms with Gasteiger partial charge in [0.1, 0.15) is 0 Å². The van der Waals surface area contributed by atoms with Crippen molar-refractivity contribution in [1.82, 2.24) is 5.32 Å². The molecule has 1 N–H and O–H groups in total. The van der Waals surface area contributed by atoms with Crippen LogP contribution in [0, 0.1) is 11.8 Å². The molecule has 82 valence electrons. The molecular weight excluding hydrogens is 178 g/mol.